The molecule has 2 fully saturated rings. The van der Waals surface area contributed by atoms with E-state index in [1.54, 1.807) is 0 Å². The van der Waals surface area contributed by atoms with Gasteiger partial charge in [0.1, 0.15) is 0 Å². The van der Waals surface area contributed by atoms with E-state index in [1.165, 1.54) is 18.4 Å². The molecule has 4 heteroatoms. The predicted molar refractivity (Wildman–Crippen MR) is 92.7 cm³/mol. The van der Waals surface area contributed by atoms with E-state index in [1.807, 2.05) is 6.07 Å². The van der Waals surface area contributed by atoms with Gasteiger partial charge in [0.2, 0.25) is 0 Å². The fraction of sp³-hybridized carbons (Fsp3) is 0.647. The molecule has 21 heavy (non-hydrogen) atoms. The summed E-state index contributed by atoms with van der Waals surface area (Å²) >= 11 is 9.91. The zero-order valence-electron chi connectivity index (χ0n) is 12.8. The van der Waals surface area contributed by atoms with Crippen molar-refractivity contribution in [2.75, 3.05) is 13.1 Å². The van der Waals surface area contributed by atoms with Crippen LogP contribution >= 0.6 is 27.5 Å². The Bertz CT molecular complexity index is 502. The minimum absolute atomic E-state index is 0.592. The molecule has 116 valence electrons. The van der Waals surface area contributed by atoms with Gasteiger partial charge in [-0.1, -0.05) is 47.4 Å². The van der Waals surface area contributed by atoms with Crippen molar-refractivity contribution in [3.05, 3.63) is 33.3 Å². The number of nitrogens with one attached hydrogen (secondary N) is 1. The molecular weight excluding hydrogens is 348 g/mol. The van der Waals surface area contributed by atoms with E-state index >= 15 is 0 Å². The van der Waals surface area contributed by atoms with Gasteiger partial charge < -0.3 is 5.32 Å². The van der Waals surface area contributed by atoms with E-state index in [-0.39, 0.29) is 0 Å². The molecule has 0 amide bonds. The first-order chi connectivity index (χ1) is 10.0. The van der Waals surface area contributed by atoms with Gasteiger partial charge in [-0.05, 0) is 42.4 Å². The van der Waals surface area contributed by atoms with Gasteiger partial charge in [0.05, 0.1) is 0 Å². The van der Waals surface area contributed by atoms with Gasteiger partial charge in [0.15, 0.2) is 0 Å². The molecule has 1 heterocycles. The van der Waals surface area contributed by atoms with Gasteiger partial charge in [-0.15, -0.1) is 0 Å². The van der Waals surface area contributed by atoms with Crippen LogP contribution in [0.2, 0.25) is 5.02 Å². The summed E-state index contributed by atoms with van der Waals surface area (Å²) in [4.78, 5) is 2.66. The highest BCUT2D eigenvalue weighted by Gasteiger charge is 2.39. The SMILES string of the molecule is CC(C)C1CN(Cc2ccc(Br)cc2Cl)C(C2CC2)CN1. The summed E-state index contributed by atoms with van der Waals surface area (Å²) in [5.74, 6) is 1.56. The lowest BCUT2D eigenvalue weighted by molar-refractivity contribution is 0.0927. The zero-order valence-corrected chi connectivity index (χ0v) is 15.1. The van der Waals surface area contributed by atoms with Crippen molar-refractivity contribution in [2.24, 2.45) is 11.8 Å². The summed E-state index contributed by atoms with van der Waals surface area (Å²) in [7, 11) is 0. The minimum atomic E-state index is 0.592. The molecule has 0 spiro atoms. The van der Waals surface area contributed by atoms with Crippen molar-refractivity contribution in [3.8, 4) is 0 Å². The summed E-state index contributed by atoms with van der Waals surface area (Å²) in [6.07, 6.45) is 2.78. The van der Waals surface area contributed by atoms with Crippen molar-refractivity contribution in [1.29, 1.82) is 0 Å². The Hall–Kier alpha value is -0.0900. The zero-order chi connectivity index (χ0) is 15.0. The van der Waals surface area contributed by atoms with Crippen LogP contribution < -0.4 is 5.32 Å². The van der Waals surface area contributed by atoms with E-state index in [9.17, 15) is 0 Å². The Labute approximate surface area is 141 Å². The van der Waals surface area contributed by atoms with Crippen molar-refractivity contribution in [3.63, 3.8) is 0 Å². The normalized spacial score (nSPS) is 27.3. The second kappa shape index (κ2) is 6.57. The maximum Gasteiger partial charge on any atom is 0.0462 e. The lowest BCUT2D eigenvalue weighted by atomic mass is 9.97. The topological polar surface area (TPSA) is 15.3 Å². The summed E-state index contributed by atoms with van der Waals surface area (Å²) in [5.41, 5.74) is 1.25. The molecule has 1 saturated heterocycles. The van der Waals surface area contributed by atoms with Crippen molar-refractivity contribution in [2.45, 2.75) is 45.3 Å². The van der Waals surface area contributed by atoms with Gasteiger partial charge in [0, 0.05) is 41.2 Å². The van der Waals surface area contributed by atoms with Gasteiger partial charge in [-0.3, -0.25) is 4.90 Å². The Balaban J connectivity index is 1.75. The molecule has 3 rings (SSSR count). The summed E-state index contributed by atoms with van der Waals surface area (Å²) < 4.78 is 1.05. The van der Waals surface area contributed by atoms with Gasteiger partial charge in [0.25, 0.3) is 0 Å². The first kappa shape index (κ1) is 15.8. The van der Waals surface area contributed by atoms with Crippen LogP contribution in [-0.2, 0) is 6.54 Å². The van der Waals surface area contributed by atoms with E-state index in [2.05, 4.69) is 52.1 Å². The smallest absolute Gasteiger partial charge is 0.0462 e. The fourth-order valence-corrected chi connectivity index (χ4v) is 4.03. The van der Waals surface area contributed by atoms with Crippen molar-refractivity contribution >= 4 is 27.5 Å². The molecule has 0 aromatic heterocycles. The molecular formula is C17H24BrClN2. The fourth-order valence-electron chi connectivity index (χ4n) is 3.30. The van der Waals surface area contributed by atoms with Crippen LogP contribution in [0.15, 0.2) is 22.7 Å². The average molecular weight is 372 g/mol. The third kappa shape index (κ3) is 3.82. The number of nitrogens with zero attached hydrogens (tertiary/aromatic N) is 1. The van der Waals surface area contributed by atoms with Gasteiger partial charge in [-0.2, -0.15) is 0 Å². The molecule has 1 aromatic rings. The number of piperazine rings is 1. The van der Waals surface area contributed by atoms with Crippen LogP contribution in [0.4, 0.5) is 0 Å². The average Bonchev–Trinajstić information content (AvgIpc) is 3.26. The monoisotopic (exact) mass is 370 g/mol. The van der Waals surface area contributed by atoms with Crippen LogP contribution in [0.1, 0.15) is 32.3 Å². The van der Waals surface area contributed by atoms with Crippen LogP contribution in [0.25, 0.3) is 0 Å². The number of hydrogen-bond donors (Lipinski definition) is 1. The third-order valence-corrected chi connectivity index (χ3v) is 5.69. The van der Waals surface area contributed by atoms with E-state index in [0.29, 0.717) is 18.0 Å². The lowest BCUT2D eigenvalue weighted by Gasteiger charge is -2.42. The highest BCUT2D eigenvalue weighted by atomic mass is 79.9. The van der Waals surface area contributed by atoms with E-state index < -0.39 is 0 Å². The van der Waals surface area contributed by atoms with Crippen LogP contribution in [-0.4, -0.2) is 30.1 Å². The molecule has 1 aliphatic carbocycles. The van der Waals surface area contributed by atoms with Crippen LogP contribution in [0, 0.1) is 11.8 Å². The summed E-state index contributed by atoms with van der Waals surface area (Å²) in [6.45, 7) is 7.84. The number of halogens is 2. The molecule has 2 aliphatic rings. The predicted octanol–water partition coefficient (Wildman–Crippen LogP) is 4.31. The lowest BCUT2D eigenvalue weighted by Crippen LogP contribution is -2.58. The number of rotatable bonds is 4. The Kier molecular flexibility index (Phi) is 4.94. The highest BCUT2D eigenvalue weighted by molar-refractivity contribution is 9.10. The van der Waals surface area contributed by atoms with Crippen LogP contribution in [0.3, 0.4) is 0 Å². The maximum atomic E-state index is 6.42. The number of benzene rings is 1. The minimum Gasteiger partial charge on any atom is -0.311 e. The molecule has 2 unspecified atom stereocenters. The van der Waals surface area contributed by atoms with Gasteiger partial charge in [-0.25, -0.2) is 0 Å². The van der Waals surface area contributed by atoms with E-state index in [4.69, 9.17) is 11.6 Å². The molecule has 2 nitrogen and oxygen atoms in total. The van der Waals surface area contributed by atoms with Crippen molar-refractivity contribution in [1.82, 2.24) is 10.2 Å². The van der Waals surface area contributed by atoms with Gasteiger partial charge >= 0.3 is 0 Å². The Morgan fingerprint density at radius 3 is 2.76 bits per heavy atom. The first-order valence-corrected chi connectivity index (χ1v) is 9.13. The molecule has 2 atom stereocenters. The summed E-state index contributed by atoms with van der Waals surface area (Å²) in [5, 5.41) is 4.62. The molecule has 1 N–H and O–H groups in total. The molecule has 1 saturated carbocycles. The van der Waals surface area contributed by atoms with Crippen LogP contribution in [0.5, 0.6) is 0 Å². The molecule has 0 radical (unpaired) electrons. The molecule has 1 aromatic carbocycles. The first-order valence-electron chi connectivity index (χ1n) is 7.96. The van der Waals surface area contributed by atoms with E-state index in [0.717, 1.165) is 35.0 Å². The largest absolute Gasteiger partial charge is 0.311 e. The summed E-state index contributed by atoms with van der Waals surface area (Å²) in [6, 6.07) is 7.53. The Morgan fingerprint density at radius 2 is 2.14 bits per heavy atom. The quantitative estimate of drug-likeness (QED) is 0.848. The van der Waals surface area contributed by atoms with Crippen molar-refractivity contribution < 1.29 is 0 Å². The molecule has 1 aliphatic heterocycles. The number of hydrogen-bond acceptors (Lipinski definition) is 2. The maximum absolute atomic E-state index is 6.42. The second-order valence-electron chi connectivity index (χ2n) is 6.83. The highest BCUT2D eigenvalue weighted by Crippen LogP contribution is 2.37. The third-order valence-electron chi connectivity index (χ3n) is 4.85. The second-order valence-corrected chi connectivity index (χ2v) is 8.15. The standard InChI is InChI=1S/C17H24BrClN2/c1-11(2)16-10-21(17(8-20-16)12-3-4-12)9-13-5-6-14(18)7-15(13)19/h5-7,11-12,16-17,20H,3-4,8-10H2,1-2H3. The molecule has 0 bridgehead atoms. The Morgan fingerprint density at radius 1 is 1.38 bits per heavy atom.